The van der Waals surface area contributed by atoms with Crippen LogP contribution in [0.25, 0.3) is 0 Å². The van der Waals surface area contributed by atoms with Gasteiger partial charge in [0.25, 0.3) is 0 Å². The zero-order chi connectivity index (χ0) is 20.8. The molecule has 1 aromatic heterocycles. The lowest BCUT2D eigenvalue weighted by molar-refractivity contribution is 0.112. The van der Waals surface area contributed by atoms with E-state index in [2.05, 4.69) is 21.3 Å². The van der Waals surface area contributed by atoms with Gasteiger partial charge in [0.05, 0.1) is 5.56 Å². The highest BCUT2D eigenvalue weighted by Gasteiger charge is 2.24. The Kier molecular flexibility index (Phi) is 7.17. The van der Waals surface area contributed by atoms with E-state index < -0.39 is 0 Å². The molecule has 0 saturated heterocycles. The van der Waals surface area contributed by atoms with Crippen LogP contribution in [0.15, 0.2) is 24.3 Å². The van der Waals surface area contributed by atoms with Crippen LogP contribution in [-0.2, 0) is 6.54 Å². The third-order valence-electron chi connectivity index (χ3n) is 5.52. The zero-order valence-corrected chi connectivity index (χ0v) is 17.3. The van der Waals surface area contributed by atoms with E-state index in [0.717, 1.165) is 30.5 Å². The van der Waals surface area contributed by atoms with E-state index in [4.69, 9.17) is 4.98 Å². The van der Waals surface area contributed by atoms with Gasteiger partial charge in [-0.15, -0.1) is 0 Å². The summed E-state index contributed by atoms with van der Waals surface area (Å²) in [6.07, 6.45) is 5.43. The number of aromatic nitrogens is 1. The molecule has 29 heavy (non-hydrogen) atoms. The topological polar surface area (TPSA) is 78.1 Å². The highest BCUT2D eigenvalue weighted by Crippen LogP contribution is 2.27. The Labute approximate surface area is 171 Å². The quantitative estimate of drug-likeness (QED) is 0.507. The van der Waals surface area contributed by atoms with E-state index in [1.807, 2.05) is 20.2 Å². The van der Waals surface area contributed by atoms with Crippen LogP contribution in [0.2, 0.25) is 0 Å². The number of carbonyl (C=O) groups excluding carboxylic acids is 1. The fourth-order valence-corrected chi connectivity index (χ4v) is 3.94. The average molecular weight is 400 g/mol. The maximum Gasteiger partial charge on any atom is 0.154 e. The molecule has 4 N–H and O–H groups in total. The van der Waals surface area contributed by atoms with Gasteiger partial charge in [-0.1, -0.05) is 12.8 Å². The normalized spacial score (nSPS) is 19.0. The summed E-state index contributed by atoms with van der Waals surface area (Å²) in [6.45, 7) is 2.25. The van der Waals surface area contributed by atoms with Crippen LogP contribution in [0.4, 0.5) is 21.7 Å². The molecule has 0 amide bonds. The number of pyridine rings is 1. The number of rotatable bonds is 8. The standard InChI is InChI=1S/C22H30FN5O/c1-14-10-16(8-9-18(14)23)26-22-17(13-29)15(12-24-2)11-21(28-22)27-20-7-5-4-6-19(20)25-3/h8-11,13,19-20,24-25H,4-7,12H2,1-3H3,(H2,26,27,28). The van der Waals surface area contributed by atoms with E-state index in [0.29, 0.717) is 35.2 Å². The van der Waals surface area contributed by atoms with E-state index in [1.165, 1.54) is 18.9 Å². The Morgan fingerprint density at radius 2 is 1.93 bits per heavy atom. The predicted octanol–water partition coefficient (Wildman–Crippen LogP) is 3.75. The summed E-state index contributed by atoms with van der Waals surface area (Å²) in [6, 6.07) is 7.37. The molecule has 1 aliphatic rings. The fraction of sp³-hybridized carbons (Fsp3) is 0.455. The third kappa shape index (κ3) is 5.10. The summed E-state index contributed by atoms with van der Waals surface area (Å²) < 4.78 is 13.6. The molecule has 3 rings (SSSR count). The summed E-state index contributed by atoms with van der Waals surface area (Å²) in [5.74, 6) is 0.938. The minimum absolute atomic E-state index is 0.263. The third-order valence-corrected chi connectivity index (χ3v) is 5.52. The summed E-state index contributed by atoms with van der Waals surface area (Å²) in [5, 5.41) is 13.3. The van der Waals surface area contributed by atoms with Gasteiger partial charge in [0.1, 0.15) is 17.5 Å². The molecule has 0 bridgehead atoms. The average Bonchev–Trinajstić information content (AvgIpc) is 2.71. The van der Waals surface area contributed by atoms with Crippen LogP contribution in [-0.4, -0.2) is 37.4 Å². The largest absolute Gasteiger partial charge is 0.366 e. The number of carbonyl (C=O) groups is 1. The molecule has 1 saturated carbocycles. The van der Waals surface area contributed by atoms with Gasteiger partial charge >= 0.3 is 0 Å². The van der Waals surface area contributed by atoms with E-state index in [9.17, 15) is 9.18 Å². The molecule has 2 unspecified atom stereocenters. The number of aldehydes is 1. The van der Waals surface area contributed by atoms with Gasteiger partial charge in [-0.05, 0) is 69.3 Å². The van der Waals surface area contributed by atoms with Gasteiger partial charge in [0.2, 0.25) is 0 Å². The molecule has 7 heteroatoms. The Morgan fingerprint density at radius 3 is 2.59 bits per heavy atom. The summed E-state index contributed by atoms with van der Waals surface area (Å²) in [5.41, 5.74) is 2.59. The molecule has 156 valence electrons. The molecule has 2 atom stereocenters. The molecule has 1 aliphatic carbocycles. The van der Waals surface area contributed by atoms with Crippen LogP contribution in [0.3, 0.4) is 0 Å². The SMILES string of the molecule is CNCc1cc(NC2CCCCC2NC)nc(Nc2ccc(F)c(C)c2)c1C=O. The van der Waals surface area contributed by atoms with Crippen LogP contribution in [0.1, 0.15) is 47.2 Å². The molecular weight excluding hydrogens is 369 g/mol. The van der Waals surface area contributed by atoms with Gasteiger partial charge in [-0.25, -0.2) is 9.37 Å². The van der Waals surface area contributed by atoms with Gasteiger partial charge < -0.3 is 21.3 Å². The fourth-order valence-electron chi connectivity index (χ4n) is 3.94. The number of nitrogens with zero attached hydrogens (tertiary/aromatic N) is 1. The molecule has 2 aromatic rings. The Balaban J connectivity index is 1.94. The summed E-state index contributed by atoms with van der Waals surface area (Å²) >= 11 is 0. The first kappa shape index (κ1) is 21.2. The second-order valence-electron chi connectivity index (χ2n) is 7.60. The first-order valence-corrected chi connectivity index (χ1v) is 10.2. The molecule has 1 heterocycles. The molecule has 1 aromatic carbocycles. The smallest absolute Gasteiger partial charge is 0.154 e. The maximum absolute atomic E-state index is 13.6. The van der Waals surface area contributed by atoms with Crippen LogP contribution in [0.5, 0.6) is 0 Å². The summed E-state index contributed by atoms with van der Waals surface area (Å²) in [4.78, 5) is 16.5. The minimum atomic E-state index is -0.263. The Bertz CT molecular complexity index is 857. The van der Waals surface area contributed by atoms with Crippen molar-refractivity contribution in [2.45, 2.75) is 51.2 Å². The van der Waals surface area contributed by atoms with Crippen LogP contribution in [0, 0.1) is 12.7 Å². The monoisotopic (exact) mass is 399 g/mol. The van der Waals surface area contributed by atoms with Gasteiger partial charge in [-0.3, -0.25) is 4.79 Å². The van der Waals surface area contributed by atoms with Crippen LogP contribution >= 0.6 is 0 Å². The van der Waals surface area contributed by atoms with Crippen molar-refractivity contribution < 1.29 is 9.18 Å². The first-order chi connectivity index (χ1) is 14.0. The van der Waals surface area contributed by atoms with E-state index >= 15 is 0 Å². The van der Waals surface area contributed by atoms with Gasteiger partial charge in [-0.2, -0.15) is 0 Å². The van der Waals surface area contributed by atoms with E-state index in [1.54, 1.807) is 19.1 Å². The van der Waals surface area contributed by atoms with Crippen molar-refractivity contribution in [3.8, 4) is 0 Å². The van der Waals surface area contributed by atoms with Crippen molar-refractivity contribution in [1.82, 2.24) is 15.6 Å². The lowest BCUT2D eigenvalue weighted by Crippen LogP contribution is -2.44. The van der Waals surface area contributed by atoms with Gasteiger partial charge in [0.15, 0.2) is 6.29 Å². The van der Waals surface area contributed by atoms with Crippen molar-refractivity contribution in [2.75, 3.05) is 24.7 Å². The molecule has 0 spiro atoms. The number of benzene rings is 1. The van der Waals surface area contributed by atoms with Crippen molar-refractivity contribution in [3.63, 3.8) is 0 Å². The number of likely N-dealkylation sites (N-methyl/N-ethyl adjacent to an activating group) is 1. The number of anilines is 3. The molecule has 0 radical (unpaired) electrons. The van der Waals surface area contributed by atoms with Crippen molar-refractivity contribution in [2.24, 2.45) is 0 Å². The van der Waals surface area contributed by atoms with Crippen molar-refractivity contribution in [1.29, 1.82) is 0 Å². The Morgan fingerprint density at radius 1 is 1.17 bits per heavy atom. The van der Waals surface area contributed by atoms with E-state index in [-0.39, 0.29) is 11.9 Å². The first-order valence-electron chi connectivity index (χ1n) is 10.2. The minimum Gasteiger partial charge on any atom is -0.366 e. The van der Waals surface area contributed by atoms with Gasteiger partial charge in [0, 0.05) is 24.3 Å². The maximum atomic E-state index is 13.6. The van der Waals surface area contributed by atoms with Crippen LogP contribution < -0.4 is 21.3 Å². The Hall–Kier alpha value is -2.51. The second kappa shape index (κ2) is 9.80. The second-order valence-corrected chi connectivity index (χ2v) is 7.60. The zero-order valence-electron chi connectivity index (χ0n) is 17.3. The number of hydrogen-bond donors (Lipinski definition) is 4. The predicted molar refractivity (Wildman–Crippen MR) is 116 cm³/mol. The number of hydrogen-bond acceptors (Lipinski definition) is 6. The lowest BCUT2D eigenvalue weighted by atomic mass is 9.90. The molecule has 0 aliphatic heterocycles. The number of aryl methyl sites for hydroxylation is 1. The lowest BCUT2D eigenvalue weighted by Gasteiger charge is -2.32. The molecular formula is C22H30FN5O. The van der Waals surface area contributed by atoms with Crippen molar-refractivity contribution >= 4 is 23.6 Å². The number of halogens is 1. The number of nitrogens with one attached hydrogen (secondary N) is 4. The summed E-state index contributed by atoms with van der Waals surface area (Å²) in [7, 11) is 3.83. The highest BCUT2D eigenvalue weighted by atomic mass is 19.1. The van der Waals surface area contributed by atoms with Crippen molar-refractivity contribution in [3.05, 3.63) is 46.8 Å². The highest BCUT2D eigenvalue weighted by molar-refractivity contribution is 5.87. The molecule has 1 fully saturated rings. The molecule has 6 nitrogen and oxygen atoms in total.